The molecule has 172 valence electrons. The van der Waals surface area contributed by atoms with Gasteiger partial charge in [0.25, 0.3) is 0 Å². The molecule has 4 aromatic rings. The number of hydrogen-bond acceptors (Lipinski definition) is 7. The number of aromatic nitrogens is 1. The molecule has 2 aromatic carbocycles. The van der Waals surface area contributed by atoms with Crippen LogP contribution in [0.5, 0.6) is 11.5 Å². The van der Waals surface area contributed by atoms with E-state index in [1.165, 1.54) is 6.07 Å². The summed E-state index contributed by atoms with van der Waals surface area (Å²) in [4.78, 5) is 37.7. The number of carbonyl (C=O) groups excluding carboxylic acids is 2. The normalized spacial score (nSPS) is 12.2. The molecule has 0 spiro atoms. The quantitative estimate of drug-likeness (QED) is 0.212. The standard InChI is InChI=1S/C25H18BrNO7/c1-13-7-18(14(2)27(13)17-4-6-22-23(10-17)33-12-32-22)20(28)11-31-24(29)19-9-15-8-16(26)3-5-21(15)34-25(19)30/h3-10H,11-12H2,1-2H3. The monoisotopic (exact) mass is 523 g/mol. The lowest BCUT2D eigenvalue weighted by Crippen LogP contribution is -2.20. The Labute approximate surface area is 201 Å². The molecule has 3 heterocycles. The van der Waals surface area contributed by atoms with Crippen molar-refractivity contribution in [2.75, 3.05) is 13.4 Å². The third kappa shape index (κ3) is 3.88. The highest BCUT2D eigenvalue weighted by Crippen LogP contribution is 2.35. The molecule has 1 aliphatic rings. The summed E-state index contributed by atoms with van der Waals surface area (Å²) >= 11 is 3.34. The molecule has 0 bridgehead atoms. The van der Waals surface area contributed by atoms with Crippen molar-refractivity contribution in [3.63, 3.8) is 0 Å². The average Bonchev–Trinajstić information content (AvgIpc) is 3.40. The molecule has 0 saturated heterocycles. The number of ether oxygens (including phenoxy) is 3. The molecule has 0 atom stereocenters. The Morgan fingerprint density at radius 2 is 1.79 bits per heavy atom. The second kappa shape index (κ2) is 8.49. The predicted molar refractivity (Wildman–Crippen MR) is 126 cm³/mol. The Morgan fingerprint density at radius 1 is 1.00 bits per heavy atom. The molecule has 0 aliphatic carbocycles. The fourth-order valence-corrected chi connectivity index (χ4v) is 4.37. The van der Waals surface area contributed by atoms with E-state index in [9.17, 15) is 14.4 Å². The number of esters is 1. The minimum Gasteiger partial charge on any atom is -0.454 e. The lowest BCUT2D eigenvalue weighted by Gasteiger charge is -2.11. The van der Waals surface area contributed by atoms with Gasteiger partial charge in [-0.05, 0) is 56.3 Å². The molecule has 2 aromatic heterocycles. The van der Waals surface area contributed by atoms with Crippen LogP contribution in [0.25, 0.3) is 16.7 Å². The average molecular weight is 524 g/mol. The molecule has 0 unspecified atom stereocenters. The molecule has 0 N–H and O–H groups in total. The Hall–Kier alpha value is -3.85. The summed E-state index contributed by atoms with van der Waals surface area (Å²) in [5.74, 6) is -0.0112. The van der Waals surface area contributed by atoms with Crippen LogP contribution in [0.3, 0.4) is 0 Å². The summed E-state index contributed by atoms with van der Waals surface area (Å²) in [6.45, 7) is 3.34. The first-order valence-electron chi connectivity index (χ1n) is 10.3. The van der Waals surface area contributed by atoms with Crippen LogP contribution in [0.2, 0.25) is 0 Å². The number of halogens is 1. The topological polar surface area (TPSA) is 97.0 Å². The Kier molecular flexibility index (Phi) is 5.49. The molecule has 9 heteroatoms. The first-order chi connectivity index (χ1) is 16.3. The number of fused-ring (bicyclic) bond motifs is 2. The molecule has 0 radical (unpaired) electrons. The molecule has 0 amide bonds. The number of ketones is 1. The minimum atomic E-state index is -0.923. The van der Waals surface area contributed by atoms with E-state index in [2.05, 4.69) is 15.9 Å². The number of Topliss-reactive ketones (excluding diaryl/α,β-unsaturated/α-hetero) is 1. The highest BCUT2D eigenvalue weighted by molar-refractivity contribution is 9.10. The Balaban J connectivity index is 1.36. The van der Waals surface area contributed by atoms with Gasteiger partial charge in [-0.15, -0.1) is 0 Å². The van der Waals surface area contributed by atoms with E-state index in [4.69, 9.17) is 18.6 Å². The predicted octanol–water partition coefficient (Wildman–Crippen LogP) is 4.73. The zero-order valence-corrected chi connectivity index (χ0v) is 19.8. The number of hydrogen-bond donors (Lipinski definition) is 0. The van der Waals surface area contributed by atoms with Gasteiger partial charge < -0.3 is 23.2 Å². The SMILES string of the molecule is Cc1cc(C(=O)COC(=O)c2cc3cc(Br)ccc3oc2=O)c(C)n1-c1ccc2c(c1)OCO2. The molecule has 0 saturated carbocycles. The zero-order chi connectivity index (χ0) is 24.0. The Bertz CT molecular complexity index is 1530. The van der Waals surface area contributed by atoms with E-state index in [-0.39, 0.29) is 18.1 Å². The van der Waals surface area contributed by atoms with Crippen molar-refractivity contribution in [1.82, 2.24) is 4.57 Å². The van der Waals surface area contributed by atoms with E-state index < -0.39 is 18.2 Å². The van der Waals surface area contributed by atoms with Gasteiger partial charge in [0, 0.05) is 38.6 Å². The highest BCUT2D eigenvalue weighted by atomic mass is 79.9. The second-order valence-corrected chi connectivity index (χ2v) is 8.70. The lowest BCUT2D eigenvalue weighted by atomic mass is 10.1. The van der Waals surface area contributed by atoms with Gasteiger partial charge >= 0.3 is 11.6 Å². The van der Waals surface area contributed by atoms with Crippen LogP contribution in [-0.4, -0.2) is 29.7 Å². The zero-order valence-electron chi connectivity index (χ0n) is 18.2. The number of aryl methyl sites for hydroxylation is 1. The molecule has 0 fully saturated rings. The van der Waals surface area contributed by atoms with Crippen LogP contribution in [0.15, 0.2) is 62.2 Å². The summed E-state index contributed by atoms with van der Waals surface area (Å²) < 4.78 is 23.8. The van der Waals surface area contributed by atoms with Gasteiger partial charge in [-0.3, -0.25) is 4.79 Å². The maximum Gasteiger partial charge on any atom is 0.351 e. The van der Waals surface area contributed by atoms with Crippen LogP contribution in [0.1, 0.15) is 32.1 Å². The molecule has 34 heavy (non-hydrogen) atoms. The highest BCUT2D eigenvalue weighted by Gasteiger charge is 2.22. The second-order valence-electron chi connectivity index (χ2n) is 7.79. The van der Waals surface area contributed by atoms with E-state index in [1.807, 2.05) is 36.6 Å². The summed E-state index contributed by atoms with van der Waals surface area (Å²) in [6, 6.07) is 13.7. The van der Waals surface area contributed by atoms with Crippen molar-refractivity contribution in [3.8, 4) is 17.2 Å². The number of rotatable bonds is 5. The van der Waals surface area contributed by atoms with E-state index in [0.717, 1.165) is 15.9 Å². The van der Waals surface area contributed by atoms with Gasteiger partial charge in [0.2, 0.25) is 12.6 Å². The van der Waals surface area contributed by atoms with E-state index in [0.29, 0.717) is 33.7 Å². The lowest BCUT2D eigenvalue weighted by molar-refractivity contribution is 0.0470. The van der Waals surface area contributed by atoms with Gasteiger partial charge in [-0.2, -0.15) is 0 Å². The molecule has 8 nitrogen and oxygen atoms in total. The van der Waals surface area contributed by atoms with Gasteiger partial charge in [-0.25, -0.2) is 9.59 Å². The smallest absolute Gasteiger partial charge is 0.351 e. The maximum atomic E-state index is 12.9. The van der Waals surface area contributed by atoms with E-state index in [1.54, 1.807) is 24.3 Å². The number of nitrogens with zero attached hydrogens (tertiary/aromatic N) is 1. The summed E-state index contributed by atoms with van der Waals surface area (Å²) in [6.07, 6.45) is 0. The summed E-state index contributed by atoms with van der Waals surface area (Å²) in [5.41, 5.74) is 1.99. The molecule has 1 aliphatic heterocycles. The number of carbonyl (C=O) groups is 2. The van der Waals surface area contributed by atoms with Crippen molar-refractivity contribution in [2.24, 2.45) is 0 Å². The fraction of sp³-hybridized carbons (Fsp3) is 0.160. The summed E-state index contributed by atoms with van der Waals surface area (Å²) in [7, 11) is 0. The first-order valence-corrected chi connectivity index (χ1v) is 11.1. The van der Waals surface area contributed by atoms with Gasteiger partial charge in [0.05, 0.1) is 0 Å². The molecule has 5 rings (SSSR count). The Morgan fingerprint density at radius 3 is 2.62 bits per heavy atom. The van der Waals surface area contributed by atoms with Crippen molar-refractivity contribution in [2.45, 2.75) is 13.8 Å². The largest absolute Gasteiger partial charge is 0.454 e. The van der Waals surface area contributed by atoms with Gasteiger partial charge in [0.1, 0.15) is 11.1 Å². The number of benzene rings is 2. The van der Waals surface area contributed by atoms with Crippen molar-refractivity contribution >= 4 is 38.7 Å². The van der Waals surface area contributed by atoms with E-state index >= 15 is 0 Å². The first kappa shape index (κ1) is 22.0. The van der Waals surface area contributed by atoms with Crippen molar-refractivity contribution in [3.05, 3.63) is 85.9 Å². The maximum absolute atomic E-state index is 12.9. The van der Waals surface area contributed by atoms with Gasteiger partial charge in [0.15, 0.2) is 18.1 Å². The molecular formula is C25H18BrNO7. The van der Waals surface area contributed by atoms with Gasteiger partial charge in [-0.1, -0.05) is 15.9 Å². The third-order valence-corrected chi connectivity index (χ3v) is 6.09. The molecular weight excluding hydrogens is 506 g/mol. The van der Waals surface area contributed by atoms with Crippen LogP contribution in [0.4, 0.5) is 0 Å². The third-order valence-electron chi connectivity index (χ3n) is 5.59. The van der Waals surface area contributed by atoms with Crippen LogP contribution in [0, 0.1) is 13.8 Å². The van der Waals surface area contributed by atoms with Crippen molar-refractivity contribution in [1.29, 1.82) is 0 Å². The fourth-order valence-electron chi connectivity index (χ4n) is 3.99. The van der Waals surface area contributed by atoms with Crippen molar-refractivity contribution < 1.29 is 28.2 Å². The van der Waals surface area contributed by atoms with Crippen LogP contribution in [-0.2, 0) is 4.74 Å². The summed E-state index contributed by atoms with van der Waals surface area (Å²) in [5, 5.41) is 0.555. The van der Waals surface area contributed by atoms with Crippen LogP contribution >= 0.6 is 15.9 Å². The minimum absolute atomic E-state index is 0.171. The van der Waals surface area contributed by atoms with Crippen LogP contribution < -0.4 is 15.1 Å².